The topological polar surface area (TPSA) is 119 Å². The van der Waals surface area contributed by atoms with Gasteiger partial charge < -0.3 is 16.0 Å². The third kappa shape index (κ3) is 7.26. The van der Waals surface area contributed by atoms with Gasteiger partial charge in [-0.1, -0.05) is 12.0 Å². The number of alkyl halides is 2. The first-order valence-corrected chi connectivity index (χ1v) is 12.3. The van der Waals surface area contributed by atoms with Gasteiger partial charge in [0.15, 0.2) is 5.57 Å². The zero-order valence-electron chi connectivity index (χ0n) is 20.1. The Balaban J connectivity index is 1.78. The van der Waals surface area contributed by atoms with E-state index in [1.54, 1.807) is 31.2 Å². The second-order valence-electron chi connectivity index (χ2n) is 8.28. The van der Waals surface area contributed by atoms with Crippen LogP contribution in [-0.2, 0) is 16.1 Å². The maximum Gasteiger partial charge on any atom is 0.270 e. The summed E-state index contributed by atoms with van der Waals surface area (Å²) in [6.45, 7) is 1.78. The van der Waals surface area contributed by atoms with E-state index in [-0.39, 0.29) is 46.4 Å². The summed E-state index contributed by atoms with van der Waals surface area (Å²) in [5, 5.41) is 17.6. The molecule has 1 aromatic carbocycles. The van der Waals surface area contributed by atoms with E-state index in [1.807, 2.05) is 6.07 Å². The van der Waals surface area contributed by atoms with Crippen LogP contribution in [0.5, 0.6) is 0 Å². The number of piperidine rings is 1. The van der Waals surface area contributed by atoms with Gasteiger partial charge in [0.1, 0.15) is 15.3 Å². The molecule has 3 N–H and O–H groups in total. The molecule has 1 aromatic heterocycles. The molecule has 3 rings (SSSR count). The molecule has 0 saturated carbocycles. The molecule has 1 saturated heterocycles. The van der Waals surface area contributed by atoms with E-state index in [0.717, 1.165) is 11.3 Å². The summed E-state index contributed by atoms with van der Waals surface area (Å²) < 4.78 is 29.0. The number of terminal acetylenes is 1. The Kier molecular flexibility index (Phi) is 9.17. The maximum atomic E-state index is 13.6. The smallest absolute Gasteiger partial charge is 0.270 e. The van der Waals surface area contributed by atoms with Gasteiger partial charge in [-0.05, 0) is 38.1 Å². The van der Waals surface area contributed by atoms with Crippen molar-refractivity contribution in [3.8, 4) is 18.4 Å². The quantitative estimate of drug-likeness (QED) is 0.438. The summed E-state index contributed by atoms with van der Waals surface area (Å²) in [4.78, 5) is 39.0. The van der Waals surface area contributed by atoms with Crippen molar-refractivity contribution in [1.29, 1.82) is 5.26 Å². The molecule has 37 heavy (non-hydrogen) atoms. The highest BCUT2D eigenvalue weighted by Gasteiger charge is 2.35. The summed E-state index contributed by atoms with van der Waals surface area (Å²) in [7, 11) is 0. The number of aromatic nitrogens is 1. The summed E-state index contributed by atoms with van der Waals surface area (Å²) >= 11 is 0.982. The number of carbonyl (C=O) groups is 2. The molecule has 0 spiro atoms. The van der Waals surface area contributed by atoms with Crippen LogP contribution in [0, 0.1) is 23.7 Å². The number of hydrogen-bond donors (Lipinski definition) is 3. The van der Waals surface area contributed by atoms with E-state index in [1.165, 1.54) is 15.7 Å². The van der Waals surface area contributed by atoms with E-state index in [9.17, 15) is 28.4 Å². The highest BCUT2D eigenvalue weighted by Crippen LogP contribution is 2.26. The van der Waals surface area contributed by atoms with E-state index in [2.05, 4.69) is 21.9 Å². The van der Waals surface area contributed by atoms with E-state index in [0.29, 0.717) is 24.3 Å². The van der Waals surface area contributed by atoms with Crippen LogP contribution in [0.4, 0.5) is 20.2 Å². The average Bonchev–Trinajstić information content (AvgIpc) is 3.16. The number of nitrogens with zero attached hydrogens (tertiary/aromatic N) is 3. The molecule has 2 heterocycles. The largest absolute Gasteiger partial charge is 0.360 e. The molecule has 2 aromatic rings. The van der Waals surface area contributed by atoms with E-state index in [4.69, 9.17) is 6.42 Å². The van der Waals surface area contributed by atoms with Crippen LogP contribution in [0.1, 0.15) is 19.8 Å². The van der Waals surface area contributed by atoms with Gasteiger partial charge in [0, 0.05) is 30.5 Å². The normalized spacial score (nSPS) is 16.3. The van der Waals surface area contributed by atoms with Crippen molar-refractivity contribution in [1.82, 2.24) is 14.8 Å². The van der Waals surface area contributed by atoms with Crippen molar-refractivity contribution in [3.63, 3.8) is 0 Å². The fourth-order valence-electron chi connectivity index (χ4n) is 3.83. The number of nitriles is 1. The number of nitrogens with one attached hydrogen (secondary N) is 3. The van der Waals surface area contributed by atoms with Gasteiger partial charge >= 0.3 is 0 Å². The minimum absolute atomic E-state index is 0.0519. The molecule has 2 amide bonds. The third-order valence-electron chi connectivity index (χ3n) is 5.48. The average molecular weight is 529 g/mol. The van der Waals surface area contributed by atoms with Crippen molar-refractivity contribution >= 4 is 46.3 Å². The lowest BCUT2D eigenvalue weighted by atomic mass is 10.1. The molecule has 0 atom stereocenters. The predicted octanol–water partition coefficient (Wildman–Crippen LogP) is 0.873. The number of carbonyl (C=O) groups excluding carboxylic acids is 2. The second-order valence-corrected chi connectivity index (χ2v) is 9.31. The molecule has 1 aliphatic rings. The minimum atomic E-state index is -2.78. The Morgan fingerprint density at radius 3 is 2.76 bits per heavy atom. The van der Waals surface area contributed by atoms with E-state index >= 15 is 0 Å². The van der Waals surface area contributed by atoms with Crippen LogP contribution < -0.4 is 30.7 Å². The highest BCUT2D eigenvalue weighted by molar-refractivity contribution is 7.07. The summed E-state index contributed by atoms with van der Waals surface area (Å²) in [5.74, 6) is -1.60. The van der Waals surface area contributed by atoms with Crippen LogP contribution in [0.3, 0.4) is 0 Å². The molecule has 0 unspecified atom stereocenters. The maximum absolute atomic E-state index is 13.6. The van der Waals surface area contributed by atoms with Crippen molar-refractivity contribution in [2.24, 2.45) is 0 Å². The Bertz CT molecular complexity index is 1430. The Morgan fingerprint density at radius 2 is 2.08 bits per heavy atom. The van der Waals surface area contributed by atoms with E-state index < -0.39 is 24.3 Å². The second kappa shape index (κ2) is 12.3. The van der Waals surface area contributed by atoms with Crippen molar-refractivity contribution in [3.05, 3.63) is 43.8 Å². The Hall–Kier alpha value is -4.00. The Labute approximate surface area is 216 Å². The molecule has 12 heteroatoms. The molecule has 0 bridgehead atoms. The zero-order chi connectivity index (χ0) is 27.0. The molecule has 1 aliphatic heterocycles. The first-order valence-electron chi connectivity index (χ1n) is 11.5. The van der Waals surface area contributed by atoms with Crippen LogP contribution in [-0.4, -0.2) is 53.4 Å². The summed E-state index contributed by atoms with van der Waals surface area (Å²) in [6, 6.07) is 8.53. The summed E-state index contributed by atoms with van der Waals surface area (Å²) in [6.07, 6.45) is 6.77. The SMILES string of the molecule is C#CCNC(=O)/C(C#N)=c1\s/c(=C/Nc2cccc(NC(=O)CN3CCCC(F)(F)C3)c2)c(=O)n1CC. The van der Waals surface area contributed by atoms with Gasteiger partial charge in [-0.25, -0.2) is 8.78 Å². The first-order chi connectivity index (χ1) is 17.7. The first kappa shape index (κ1) is 27.6. The lowest BCUT2D eigenvalue weighted by Gasteiger charge is -2.31. The standard InChI is InChI=1S/C25H26F2N6O3S/c1-3-10-29-22(35)19(13-28)24-33(4-2)23(36)20(37-24)14-30-17-7-5-8-18(12-17)31-21(34)15-32-11-6-9-25(26,27)16-32/h1,5,7-8,12,14,30H,4,6,9-11,15-16H2,2H3,(H,29,35)(H,31,34)/b20-14+,24-19-. The molecule has 0 radical (unpaired) electrons. The number of anilines is 2. The number of thiazole rings is 1. The molecular formula is C25H26F2N6O3S. The predicted molar refractivity (Wildman–Crippen MR) is 138 cm³/mol. The monoisotopic (exact) mass is 528 g/mol. The van der Waals surface area contributed by atoms with Crippen molar-refractivity contribution in [2.75, 3.05) is 36.8 Å². The van der Waals surface area contributed by atoms with Crippen LogP contribution in [0.2, 0.25) is 0 Å². The van der Waals surface area contributed by atoms with Crippen LogP contribution in [0.15, 0.2) is 29.1 Å². The lowest BCUT2D eigenvalue weighted by Crippen LogP contribution is -2.45. The fraction of sp³-hybridized carbons (Fsp3) is 0.360. The molecule has 1 fully saturated rings. The minimum Gasteiger partial charge on any atom is -0.360 e. The Morgan fingerprint density at radius 1 is 1.32 bits per heavy atom. The van der Waals surface area contributed by atoms with Gasteiger partial charge in [0.25, 0.3) is 17.4 Å². The zero-order valence-corrected chi connectivity index (χ0v) is 21.0. The molecular weight excluding hydrogens is 502 g/mol. The lowest BCUT2D eigenvalue weighted by molar-refractivity contribution is -0.120. The number of likely N-dealkylation sites (tertiary alicyclic amines) is 1. The highest BCUT2D eigenvalue weighted by atomic mass is 32.1. The number of rotatable bonds is 8. The van der Waals surface area contributed by atoms with Gasteiger partial charge in [0.2, 0.25) is 5.91 Å². The van der Waals surface area contributed by atoms with Gasteiger partial charge in [-0.15, -0.1) is 17.8 Å². The van der Waals surface area contributed by atoms with Gasteiger partial charge in [-0.3, -0.25) is 23.9 Å². The number of hydrogen-bond acceptors (Lipinski definition) is 7. The number of benzene rings is 1. The summed E-state index contributed by atoms with van der Waals surface area (Å²) in [5.41, 5.74) is 0.413. The van der Waals surface area contributed by atoms with Crippen molar-refractivity contribution < 1.29 is 18.4 Å². The molecule has 9 nitrogen and oxygen atoms in total. The number of halogens is 2. The molecule has 194 valence electrons. The van der Waals surface area contributed by atoms with Gasteiger partial charge in [0.05, 0.1) is 19.6 Å². The van der Waals surface area contributed by atoms with Crippen LogP contribution in [0.25, 0.3) is 11.8 Å². The van der Waals surface area contributed by atoms with Crippen LogP contribution >= 0.6 is 11.3 Å². The van der Waals surface area contributed by atoms with Gasteiger partial charge in [-0.2, -0.15) is 5.26 Å². The molecule has 0 aliphatic carbocycles. The third-order valence-corrected chi connectivity index (χ3v) is 6.61. The van der Waals surface area contributed by atoms with Crippen molar-refractivity contribution in [2.45, 2.75) is 32.2 Å². The number of amides is 2. The fourth-order valence-corrected chi connectivity index (χ4v) is 4.91.